The molecule has 0 N–H and O–H groups in total. The molecule has 0 aliphatic carbocycles. The highest BCUT2D eigenvalue weighted by Crippen LogP contribution is 2.31. The minimum Gasteiger partial charge on any atom is -0.299 e. The molecule has 1 fully saturated rings. The molecular weight excluding hydrogens is 295 g/mol. The van der Waals surface area contributed by atoms with Gasteiger partial charge in [-0.05, 0) is 29.4 Å². The van der Waals surface area contributed by atoms with Crippen LogP contribution in [0, 0.1) is 11.7 Å². The Bertz CT molecular complexity index is 662. The fraction of sp³-hybridized carbons (Fsp3) is 0.316. The fourth-order valence-electron chi connectivity index (χ4n) is 2.93. The first-order chi connectivity index (χ1) is 10.7. The van der Waals surface area contributed by atoms with Gasteiger partial charge in [-0.1, -0.05) is 49.4 Å². The van der Waals surface area contributed by atoms with Crippen LogP contribution in [-0.2, 0) is 4.79 Å². The molecule has 3 heteroatoms. The number of rotatable bonds is 4. The van der Waals surface area contributed by atoms with E-state index in [1.54, 1.807) is 6.07 Å². The second-order valence-electron chi connectivity index (χ2n) is 5.79. The minimum atomic E-state index is -0.260. The second kappa shape index (κ2) is 6.66. The number of carbonyl (C=O) groups is 1. The predicted molar refractivity (Wildman–Crippen MR) is 90.7 cm³/mol. The number of halogens is 1. The first-order valence-corrected chi connectivity index (χ1v) is 8.78. The summed E-state index contributed by atoms with van der Waals surface area (Å²) in [5, 5.41) is 0. The highest BCUT2D eigenvalue weighted by atomic mass is 32.2. The number of carbonyl (C=O) groups excluding carboxylic acids is 1. The molecule has 2 aromatic carbocycles. The van der Waals surface area contributed by atoms with E-state index in [0.29, 0.717) is 5.56 Å². The van der Waals surface area contributed by atoms with Crippen LogP contribution in [0.2, 0.25) is 0 Å². The van der Waals surface area contributed by atoms with E-state index in [4.69, 9.17) is 0 Å². The van der Waals surface area contributed by atoms with Crippen LogP contribution in [0.25, 0.3) is 11.1 Å². The average Bonchev–Trinajstić information content (AvgIpc) is 3.08. The third-order valence-electron chi connectivity index (χ3n) is 4.34. The Kier molecular flexibility index (Phi) is 4.63. The van der Waals surface area contributed by atoms with Crippen molar-refractivity contribution in [2.75, 3.05) is 11.5 Å². The molecule has 0 saturated carbocycles. The van der Waals surface area contributed by atoms with E-state index < -0.39 is 0 Å². The summed E-state index contributed by atoms with van der Waals surface area (Å²) in [7, 11) is 0. The second-order valence-corrected chi connectivity index (χ2v) is 6.94. The molecule has 1 aliphatic rings. The Morgan fingerprint density at radius 3 is 2.64 bits per heavy atom. The lowest BCUT2D eigenvalue weighted by Crippen LogP contribution is -2.20. The van der Waals surface area contributed by atoms with Crippen LogP contribution in [0.3, 0.4) is 0 Å². The zero-order chi connectivity index (χ0) is 15.5. The molecule has 2 unspecified atom stereocenters. The van der Waals surface area contributed by atoms with Gasteiger partial charge in [0.2, 0.25) is 0 Å². The van der Waals surface area contributed by atoms with E-state index in [0.717, 1.165) is 29.1 Å². The third-order valence-corrected chi connectivity index (χ3v) is 5.50. The largest absolute Gasteiger partial charge is 0.299 e. The Morgan fingerprint density at radius 2 is 2.00 bits per heavy atom. The van der Waals surface area contributed by atoms with Gasteiger partial charge in [0.15, 0.2) is 0 Å². The zero-order valence-corrected chi connectivity index (χ0v) is 13.4. The van der Waals surface area contributed by atoms with Crippen LogP contribution in [0.15, 0.2) is 48.5 Å². The Balaban J connectivity index is 1.84. The smallest absolute Gasteiger partial charge is 0.143 e. The Labute approximate surface area is 134 Å². The molecule has 0 spiro atoms. The van der Waals surface area contributed by atoms with E-state index in [-0.39, 0.29) is 23.4 Å². The summed E-state index contributed by atoms with van der Waals surface area (Å²) in [5.41, 5.74) is 2.22. The monoisotopic (exact) mass is 314 g/mol. The molecule has 1 heterocycles. The lowest BCUT2D eigenvalue weighted by atomic mass is 9.87. The van der Waals surface area contributed by atoms with Gasteiger partial charge in [-0.15, -0.1) is 0 Å². The molecule has 2 atom stereocenters. The third kappa shape index (κ3) is 3.09. The summed E-state index contributed by atoms with van der Waals surface area (Å²) in [6.07, 6.45) is 0.957. The van der Waals surface area contributed by atoms with Crippen molar-refractivity contribution in [2.45, 2.75) is 19.3 Å². The van der Waals surface area contributed by atoms with Gasteiger partial charge in [0, 0.05) is 23.2 Å². The molecule has 1 nitrogen and oxygen atoms in total. The molecule has 1 saturated heterocycles. The standard InChI is InChI=1S/C19H19FOS/c1-13(19(21)16-9-10-22-12-16)15-7-8-17(18(20)11-15)14-5-3-2-4-6-14/h2-8,11,13,16H,9-10,12H2,1H3. The Hall–Kier alpha value is -1.61. The summed E-state index contributed by atoms with van der Waals surface area (Å²) in [6.45, 7) is 1.89. The molecule has 0 amide bonds. The van der Waals surface area contributed by atoms with Crippen LogP contribution in [0.4, 0.5) is 4.39 Å². The van der Waals surface area contributed by atoms with Crippen LogP contribution in [0.1, 0.15) is 24.8 Å². The SMILES string of the molecule is CC(C(=O)C1CCSC1)c1ccc(-c2ccccc2)c(F)c1. The topological polar surface area (TPSA) is 17.1 Å². The number of hydrogen-bond donors (Lipinski definition) is 0. The molecule has 22 heavy (non-hydrogen) atoms. The normalized spacial score (nSPS) is 19.1. The van der Waals surface area contributed by atoms with Gasteiger partial charge in [0.05, 0.1) is 0 Å². The number of benzene rings is 2. The average molecular weight is 314 g/mol. The predicted octanol–water partition coefficient (Wildman–Crippen LogP) is 4.92. The molecule has 1 aliphatic heterocycles. The summed E-state index contributed by atoms with van der Waals surface area (Å²) in [5.74, 6) is 1.86. The van der Waals surface area contributed by atoms with Crippen molar-refractivity contribution in [1.29, 1.82) is 0 Å². The van der Waals surface area contributed by atoms with Gasteiger partial charge in [-0.3, -0.25) is 4.79 Å². The zero-order valence-electron chi connectivity index (χ0n) is 12.6. The van der Waals surface area contributed by atoms with E-state index in [9.17, 15) is 9.18 Å². The molecule has 3 rings (SSSR count). The summed E-state index contributed by atoms with van der Waals surface area (Å²) in [4.78, 5) is 12.5. The van der Waals surface area contributed by atoms with Gasteiger partial charge in [-0.25, -0.2) is 4.39 Å². The Morgan fingerprint density at radius 1 is 1.23 bits per heavy atom. The van der Waals surface area contributed by atoms with Crippen molar-refractivity contribution in [3.05, 3.63) is 59.9 Å². The van der Waals surface area contributed by atoms with Crippen molar-refractivity contribution in [1.82, 2.24) is 0 Å². The van der Waals surface area contributed by atoms with E-state index in [1.165, 1.54) is 6.07 Å². The highest BCUT2D eigenvalue weighted by molar-refractivity contribution is 7.99. The van der Waals surface area contributed by atoms with E-state index >= 15 is 0 Å². The molecule has 0 aromatic heterocycles. The van der Waals surface area contributed by atoms with Gasteiger partial charge >= 0.3 is 0 Å². The van der Waals surface area contributed by atoms with Gasteiger partial charge in [-0.2, -0.15) is 11.8 Å². The first kappa shape index (κ1) is 15.3. The van der Waals surface area contributed by atoms with Crippen LogP contribution < -0.4 is 0 Å². The van der Waals surface area contributed by atoms with E-state index in [1.807, 2.05) is 55.1 Å². The quantitative estimate of drug-likeness (QED) is 0.797. The molecule has 0 radical (unpaired) electrons. The van der Waals surface area contributed by atoms with Crippen molar-refractivity contribution < 1.29 is 9.18 Å². The van der Waals surface area contributed by atoms with Crippen LogP contribution in [-0.4, -0.2) is 17.3 Å². The first-order valence-electron chi connectivity index (χ1n) is 7.63. The maximum absolute atomic E-state index is 14.4. The molecule has 0 bridgehead atoms. The fourth-order valence-corrected chi connectivity index (χ4v) is 4.16. The van der Waals surface area contributed by atoms with Crippen LogP contribution in [0.5, 0.6) is 0 Å². The number of thioether (sulfide) groups is 1. The van der Waals surface area contributed by atoms with Crippen molar-refractivity contribution in [3.63, 3.8) is 0 Å². The van der Waals surface area contributed by atoms with E-state index in [2.05, 4.69) is 0 Å². The minimum absolute atomic E-state index is 0.136. The van der Waals surface area contributed by atoms with Crippen molar-refractivity contribution >= 4 is 17.5 Å². The number of ketones is 1. The number of Topliss-reactive ketones (excluding diaryl/α,β-unsaturated/α-hetero) is 1. The van der Waals surface area contributed by atoms with Gasteiger partial charge < -0.3 is 0 Å². The maximum Gasteiger partial charge on any atom is 0.143 e. The molecular formula is C19H19FOS. The van der Waals surface area contributed by atoms with Crippen molar-refractivity contribution in [3.8, 4) is 11.1 Å². The lowest BCUT2D eigenvalue weighted by Gasteiger charge is -2.16. The van der Waals surface area contributed by atoms with Gasteiger partial charge in [0.1, 0.15) is 11.6 Å². The van der Waals surface area contributed by atoms with Crippen molar-refractivity contribution in [2.24, 2.45) is 5.92 Å². The molecule has 114 valence electrons. The van der Waals surface area contributed by atoms with Crippen LogP contribution >= 0.6 is 11.8 Å². The summed E-state index contributed by atoms with van der Waals surface area (Å²) in [6, 6.07) is 14.7. The molecule has 2 aromatic rings. The summed E-state index contributed by atoms with van der Waals surface area (Å²) < 4.78 is 14.4. The highest BCUT2D eigenvalue weighted by Gasteiger charge is 2.28. The maximum atomic E-state index is 14.4. The van der Waals surface area contributed by atoms with Gasteiger partial charge in [0.25, 0.3) is 0 Å². The summed E-state index contributed by atoms with van der Waals surface area (Å²) >= 11 is 1.83. The number of hydrogen-bond acceptors (Lipinski definition) is 2. The lowest BCUT2D eigenvalue weighted by molar-refractivity contribution is -0.123.